The first-order chi connectivity index (χ1) is 12.1. The number of ether oxygens (including phenoxy) is 2. The number of benzene rings is 1. The van der Waals surface area contributed by atoms with Gasteiger partial charge in [0, 0.05) is 25.2 Å². The molecular formula is C16H16F2N4O3. The Kier molecular flexibility index (Phi) is 3.87. The average molecular weight is 350 g/mol. The monoisotopic (exact) mass is 350 g/mol. The third-order valence-electron chi connectivity index (χ3n) is 4.69. The van der Waals surface area contributed by atoms with Crippen molar-refractivity contribution in [3.05, 3.63) is 41.2 Å². The summed E-state index contributed by atoms with van der Waals surface area (Å²) in [5.74, 6) is -2.54. The summed E-state index contributed by atoms with van der Waals surface area (Å²) in [4.78, 5) is 14.0. The van der Waals surface area contributed by atoms with E-state index in [1.165, 1.54) is 12.0 Å². The van der Waals surface area contributed by atoms with Gasteiger partial charge in [-0.3, -0.25) is 4.79 Å². The molecule has 132 valence electrons. The zero-order chi connectivity index (χ0) is 17.6. The molecule has 0 N–H and O–H groups in total. The van der Waals surface area contributed by atoms with Gasteiger partial charge in [0.25, 0.3) is 5.91 Å². The van der Waals surface area contributed by atoms with Crippen molar-refractivity contribution < 1.29 is 23.0 Å². The number of halogens is 2. The molecular weight excluding hydrogens is 334 g/mol. The fraction of sp³-hybridized carbons (Fsp3) is 0.438. The Bertz CT molecular complexity index is 802. The molecule has 2 aromatic rings. The second-order valence-electron chi connectivity index (χ2n) is 6.09. The highest BCUT2D eigenvalue weighted by atomic mass is 19.1. The SMILES string of the molecule is COc1cc(F)c(C(=O)N2CC[C@H]3[C@H](C2)OCc2cnnn23)c(F)c1. The first-order valence-corrected chi connectivity index (χ1v) is 7.91. The lowest BCUT2D eigenvalue weighted by molar-refractivity contribution is -0.0628. The van der Waals surface area contributed by atoms with E-state index in [1.54, 1.807) is 6.20 Å². The Hall–Kier alpha value is -2.55. The third kappa shape index (κ3) is 2.64. The van der Waals surface area contributed by atoms with Crippen LogP contribution in [-0.4, -0.2) is 52.1 Å². The molecule has 1 aromatic carbocycles. The molecule has 3 heterocycles. The molecule has 0 radical (unpaired) electrons. The number of likely N-dealkylation sites (tertiary alicyclic amines) is 1. The molecule has 1 amide bonds. The van der Waals surface area contributed by atoms with Crippen molar-refractivity contribution in [2.45, 2.75) is 25.2 Å². The molecule has 0 spiro atoms. The van der Waals surface area contributed by atoms with Gasteiger partial charge in [0.15, 0.2) is 0 Å². The van der Waals surface area contributed by atoms with Gasteiger partial charge in [-0.05, 0) is 6.42 Å². The van der Waals surface area contributed by atoms with Crippen LogP contribution in [0, 0.1) is 11.6 Å². The van der Waals surface area contributed by atoms with Crippen molar-refractivity contribution in [3.63, 3.8) is 0 Å². The van der Waals surface area contributed by atoms with E-state index in [0.29, 0.717) is 19.6 Å². The zero-order valence-electron chi connectivity index (χ0n) is 13.5. The highest BCUT2D eigenvalue weighted by Gasteiger charge is 2.38. The maximum absolute atomic E-state index is 14.2. The lowest BCUT2D eigenvalue weighted by atomic mass is 9.99. The summed E-state index contributed by atoms with van der Waals surface area (Å²) in [6, 6.07) is 1.98. The minimum atomic E-state index is -0.938. The number of hydrogen-bond acceptors (Lipinski definition) is 5. The summed E-state index contributed by atoms with van der Waals surface area (Å²) < 4.78 is 40.7. The molecule has 1 aromatic heterocycles. The van der Waals surface area contributed by atoms with Gasteiger partial charge in [-0.1, -0.05) is 5.21 Å². The second kappa shape index (κ2) is 6.07. The number of methoxy groups -OCH3 is 1. The van der Waals surface area contributed by atoms with Crippen molar-refractivity contribution in [1.82, 2.24) is 19.9 Å². The first kappa shape index (κ1) is 15.9. The van der Waals surface area contributed by atoms with E-state index >= 15 is 0 Å². The molecule has 1 fully saturated rings. The second-order valence-corrected chi connectivity index (χ2v) is 6.09. The van der Waals surface area contributed by atoms with E-state index in [0.717, 1.165) is 17.8 Å². The van der Waals surface area contributed by atoms with Crippen LogP contribution < -0.4 is 4.74 Å². The summed E-state index contributed by atoms with van der Waals surface area (Å²) in [7, 11) is 1.30. The summed E-state index contributed by atoms with van der Waals surface area (Å²) in [5.41, 5.74) is 0.310. The molecule has 2 atom stereocenters. The van der Waals surface area contributed by atoms with E-state index in [1.807, 2.05) is 4.68 Å². The topological polar surface area (TPSA) is 69.5 Å². The molecule has 0 aliphatic carbocycles. The molecule has 2 aliphatic rings. The van der Waals surface area contributed by atoms with Gasteiger partial charge in [0.2, 0.25) is 0 Å². The van der Waals surface area contributed by atoms with Crippen molar-refractivity contribution >= 4 is 5.91 Å². The Balaban J connectivity index is 1.56. The first-order valence-electron chi connectivity index (χ1n) is 7.91. The standard InChI is InChI=1S/C16H16F2N4O3/c1-24-10-4-11(17)15(12(18)5-10)16(23)21-3-2-13-14(7-21)25-8-9-6-19-20-22(9)13/h4-6,13-14H,2-3,7-8H2,1H3/t13-,14-/m0/s1. The van der Waals surface area contributed by atoms with Gasteiger partial charge in [-0.2, -0.15) is 0 Å². The van der Waals surface area contributed by atoms with Gasteiger partial charge in [-0.15, -0.1) is 5.10 Å². The maximum atomic E-state index is 14.2. The van der Waals surface area contributed by atoms with Gasteiger partial charge < -0.3 is 14.4 Å². The number of hydrogen-bond donors (Lipinski definition) is 0. The predicted octanol–water partition coefficient (Wildman–Crippen LogP) is 1.55. The van der Waals surface area contributed by atoms with E-state index in [-0.39, 0.29) is 24.4 Å². The highest BCUT2D eigenvalue weighted by molar-refractivity contribution is 5.95. The fourth-order valence-corrected chi connectivity index (χ4v) is 3.40. The Morgan fingerprint density at radius 1 is 1.36 bits per heavy atom. The molecule has 9 heteroatoms. The number of piperidine rings is 1. The molecule has 0 bridgehead atoms. The van der Waals surface area contributed by atoms with Crippen LogP contribution in [0.4, 0.5) is 8.78 Å². The minimum Gasteiger partial charge on any atom is -0.497 e. The number of rotatable bonds is 2. The van der Waals surface area contributed by atoms with E-state index in [4.69, 9.17) is 9.47 Å². The summed E-state index contributed by atoms with van der Waals surface area (Å²) in [6.07, 6.45) is 1.94. The molecule has 7 nitrogen and oxygen atoms in total. The average Bonchev–Trinajstić information content (AvgIpc) is 3.09. The van der Waals surface area contributed by atoms with Crippen LogP contribution in [0.15, 0.2) is 18.3 Å². The van der Waals surface area contributed by atoms with E-state index < -0.39 is 23.1 Å². The molecule has 4 rings (SSSR count). The number of fused-ring (bicyclic) bond motifs is 3. The molecule has 0 unspecified atom stereocenters. The maximum Gasteiger partial charge on any atom is 0.259 e. The van der Waals surface area contributed by atoms with Crippen LogP contribution in [0.5, 0.6) is 5.75 Å². The number of nitrogens with zero attached hydrogens (tertiary/aromatic N) is 4. The number of carbonyl (C=O) groups excluding carboxylic acids is 1. The van der Waals surface area contributed by atoms with Gasteiger partial charge in [0.1, 0.15) is 22.9 Å². The summed E-state index contributed by atoms with van der Waals surface area (Å²) in [5, 5.41) is 7.94. The Morgan fingerprint density at radius 2 is 2.12 bits per heavy atom. The highest BCUT2D eigenvalue weighted by Crippen LogP contribution is 2.31. The predicted molar refractivity (Wildman–Crippen MR) is 81.1 cm³/mol. The van der Waals surface area contributed by atoms with Gasteiger partial charge in [-0.25, -0.2) is 13.5 Å². The van der Waals surface area contributed by atoms with Crippen LogP contribution in [0.3, 0.4) is 0 Å². The molecule has 0 saturated carbocycles. The Morgan fingerprint density at radius 3 is 2.84 bits per heavy atom. The lowest BCUT2D eigenvalue weighted by Gasteiger charge is -2.41. The normalized spacial score (nSPS) is 22.3. The fourth-order valence-electron chi connectivity index (χ4n) is 3.40. The molecule has 1 saturated heterocycles. The van der Waals surface area contributed by atoms with Crippen molar-refractivity contribution in [2.24, 2.45) is 0 Å². The van der Waals surface area contributed by atoms with E-state index in [2.05, 4.69) is 10.3 Å². The minimum absolute atomic E-state index is 0.0270. The van der Waals surface area contributed by atoms with Gasteiger partial charge in [0.05, 0.1) is 37.8 Å². The van der Waals surface area contributed by atoms with Crippen LogP contribution >= 0.6 is 0 Å². The van der Waals surface area contributed by atoms with E-state index in [9.17, 15) is 13.6 Å². The number of aromatic nitrogens is 3. The summed E-state index contributed by atoms with van der Waals surface area (Å²) >= 11 is 0. The van der Waals surface area contributed by atoms with Crippen LogP contribution in [-0.2, 0) is 11.3 Å². The number of carbonyl (C=O) groups is 1. The third-order valence-corrected chi connectivity index (χ3v) is 4.69. The Labute approximate surface area is 142 Å². The van der Waals surface area contributed by atoms with Crippen LogP contribution in [0.25, 0.3) is 0 Å². The van der Waals surface area contributed by atoms with Crippen LogP contribution in [0.1, 0.15) is 28.5 Å². The summed E-state index contributed by atoms with van der Waals surface area (Å²) in [6.45, 7) is 0.947. The largest absolute Gasteiger partial charge is 0.497 e. The van der Waals surface area contributed by atoms with Crippen molar-refractivity contribution in [2.75, 3.05) is 20.2 Å². The smallest absolute Gasteiger partial charge is 0.259 e. The quantitative estimate of drug-likeness (QED) is 0.822. The molecule has 2 aliphatic heterocycles. The van der Waals surface area contributed by atoms with Crippen molar-refractivity contribution in [3.8, 4) is 5.75 Å². The van der Waals surface area contributed by atoms with Crippen molar-refractivity contribution in [1.29, 1.82) is 0 Å². The lowest BCUT2D eigenvalue weighted by Crippen LogP contribution is -2.50. The molecule has 25 heavy (non-hydrogen) atoms. The zero-order valence-corrected chi connectivity index (χ0v) is 13.5. The van der Waals surface area contributed by atoms with Gasteiger partial charge >= 0.3 is 0 Å². The van der Waals surface area contributed by atoms with Crippen LogP contribution in [0.2, 0.25) is 0 Å². The number of amides is 1.